The summed E-state index contributed by atoms with van der Waals surface area (Å²) in [5.41, 5.74) is 0.987. The van der Waals surface area contributed by atoms with Crippen LogP contribution in [0.3, 0.4) is 0 Å². The van der Waals surface area contributed by atoms with Crippen LogP contribution in [0.15, 0.2) is 42.5 Å². The molecule has 0 saturated carbocycles. The van der Waals surface area contributed by atoms with Gasteiger partial charge >= 0.3 is 0 Å². The lowest BCUT2D eigenvalue weighted by molar-refractivity contribution is 0.115. The Bertz CT molecular complexity index is 622. The highest BCUT2D eigenvalue weighted by molar-refractivity contribution is 5.33. The van der Waals surface area contributed by atoms with Gasteiger partial charge in [-0.2, -0.15) is 0 Å². The van der Waals surface area contributed by atoms with E-state index < -0.39 is 17.0 Å². The van der Waals surface area contributed by atoms with Crippen molar-refractivity contribution in [1.29, 1.82) is 0 Å². The molecule has 0 saturated heterocycles. The second kappa shape index (κ2) is 6.33. The third-order valence-electron chi connectivity index (χ3n) is 3.78. The third kappa shape index (κ3) is 3.28. The quantitative estimate of drug-likeness (QED) is 0.889. The summed E-state index contributed by atoms with van der Waals surface area (Å²) in [5, 5.41) is 19.5. The molecule has 0 atom stereocenters. The topological polar surface area (TPSA) is 40.5 Å². The van der Waals surface area contributed by atoms with Crippen LogP contribution in [0, 0.1) is 18.6 Å². The Hall–Kier alpha value is -1.78. The molecule has 0 spiro atoms. The molecule has 0 unspecified atom stereocenters. The van der Waals surface area contributed by atoms with E-state index in [1.165, 1.54) is 12.1 Å². The lowest BCUT2D eigenvalue weighted by Gasteiger charge is -2.31. The van der Waals surface area contributed by atoms with Gasteiger partial charge in [0.2, 0.25) is 0 Å². The predicted molar refractivity (Wildman–Crippen MR) is 77.1 cm³/mol. The van der Waals surface area contributed by atoms with Crippen molar-refractivity contribution in [2.45, 2.75) is 18.8 Å². The average molecular weight is 292 g/mol. The standard InChI is InChI=1S/C17H18F2O2/c1-12-3-2-4-14(7-12)17(10-20,11-21)9-13-5-6-15(18)8-16(13)19/h2-8,20-21H,9-11H2,1H3. The zero-order chi connectivity index (χ0) is 15.5. The van der Waals surface area contributed by atoms with Crippen molar-refractivity contribution in [1.82, 2.24) is 0 Å². The van der Waals surface area contributed by atoms with Crippen LogP contribution in [-0.2, 0) is 11.8 Å². The number of benzene rings is 2. The summed E-state index contributed by atoms with van der Waals surface area (Å²) in [6.07, 6.45) is 0.0928. The van der Waals surface area contributed by atoms with Gasteiger partial charge in [-0.15, -0.1) is 0 Å². The van der Waals surface area contributed by atoms with Crippen molar-refractivity contribution in [2.24, 2.45) is 0 Å². The number of hydrogen-bond donors (Lipinski definition) is 2. The summed E-state index contributed by atoms with van der Waals surface area (Å²) in [4.78, 5) is 0. The van der Waals surface area contributed by atoms with E-state index in [1.807, 2.05) is 25.1 Å². The zero-order valence-electron chi connectivity index (χ0n) is 11.8. The summed E-state index contributed by atoms with van der Waals surface area (Å²) in [6.45, 7) is 1.25. The van der Waals surface area contributed by atoms with E-state index in [0.717, 1.165) is 17.2 Å². The molecule has 2 rings (SSSR count). The van der Waals surface area contributed by atoms with Gasteiger partial charge in [-0.05, 0) is 30.5 Å². The highest BCUT2D eigenvalue weighted by Gasteiger charge is 2.32. The number of aliphatic hydroxyl groups excluding tert-OH is 2. The lowest BCUT2D eigenvalue weighted by Crippen LogP contribution is -2.37. The fourth-order valence-electron chi connectivity index (χ4n) is 2.45. The minimum atomic E-state index is -0.995. The number of rotatable bonds is 5. The highest BCUT2D eigenvalue weighted by atomic mass is 19.1. The average Bonchev–Trinajstić information content (AvgIpc) is 2.47. The fraction of sp³-hybridized carbons (Fsp3) is 0.294. The van der Waals surface area contributed by atoms with E-state index in [1.54, 1.807) is 6.07 Å². The summed E-state index contributed by atoms with van der Waals surface area (Å²) in [7, 11) is 0. The Kier molecular flexibility index (Phi) is 4.70. The second-order valence-corrected chi connectivity index (χ2v) is 5.38. The minimum absolute atomic E-state index is 0.0928. The van der Waals surface area contributed by atoms with Crippen molar-refractivity contribution in [3.05, 3.63) is 70.8 Å². The van der Waals surface area contributed by atoms with E-state index >= 15 is 0 Å². The monoisotopic (exact) mass is 292 g/mol. The molecule has 0 aliphatic heterocycles. The molecule has 0 radical (unpaired) electrons. The van der Waals surface area contributed by atoms with Gasteiger partial charge in [0.1, 0.15) is 11.6 Å². The van der Waals surface area contributed by atoms with Crippen LogP contribution >= 0.6 is 0 Å². The number of aryl methyl sites for hydroxylation is 1. The van der Waals surface area contributed by atoms with Gasteiger partial charge < -0.3 is 10.2 Å². The molecule has 0 amide bonds. The summed E-state index contributed by atoms with van der Waals surface area (Å²) in [6, 6.07) is 10.7. The molecule has 0 aliphatic rings. The molecule has 21 heavy (non-hydrogen) atoms. The van der Waals surface area contributed by atoms with E-state index in [9.17, 15) is 19.0 Å². The van der Waals surface area contributed by atoms with E-state index in [-0.39, 0.29) is 25.2 Å². The van der Waals surface area contributed by atoms with Gasteiger partial charge in [0.05, 0.1) is 13.2 Å². The first-order valence-corrected chi connectivity index (χ1v) is 6.73. The molecule has 2 nitrogen and oxygen atoms in total. The normalized spacial score (nSPS) is 11.7. The molecular formula is C17H18F2O2. The fourth-order valence-corrected chi connectivity index (χ4v) is 2.45. The first-order chi connectivity index (χ1) is 10.0. The number of halogens is 2. The van der Waals surface area contributed by atoms with E-state index in [4.69, 9.17) is 0 Å². The van der Waals surface area contributed by atoms with Crippen LogP contribution in [0.2, 0.25) is 0 Å². The molecule has 2 aromatic rings. The van der Waals surface area contributed by atoms with Gasteiger partial charge in [-0.1, -0.05) is 35.9 Å². The molecule has 2 aromatic carbocycles. The first-order valence-electron chi connectivity index (χ1n) is 6.73. The maximum atomic E-state index is 13.8. The van der Waals surface area contributed by atoms with Crippen LogP contribution in [0.4, 0.5) is 8.78 Å². The maximum absolute atomic E-state index is 13.8. The zero-order valence-corrected chi connectivity index (χ0v) is 11.8. The van der Waals surface area contributed by atoms with Crippen LogP contribution in [-0.4, -0.2) is 23.4 Å². The Labute approximate surface area is 122 Å². The largest absolute Gasteiger partial charge is 0.395 e. The molecular weight excluding hydrogens is 274 g/mol. The predicted octanol–water partition coefficient (Wildman–Crippen LogP) is 2.74. The van der Waals surface area contributed by atoms with Crippen molar-refractivity contribution in [2.75, 3.05) is 13.2 Å². The van der Waals surface area contributed by atoms with Crippen LogP contribution < -0.4 is 0 Å². The van der Waals surface area contributed by atoms with Crippen LogP contribution in [0.25, 0.3) is 0 Å². The Morgan fingerprint density at radius 2 is 1.71 bits per heavy atom. The van der Waals surface area contributed by atoms with Crippen LogP contribution in [0.1, 0.15) is 16.7 Å². The number of hydrogen-bond acceptors (Lipinski definition) is 2. The van der Waals surface area contributed by atoms with Crippen molar-refractivity contribution >= 4 is 0 Å². The molecule has 0 heterocycles. The SMILES string of the molecule is Cc1cccc(C(CO)(CO)Cc2ccc(F)cc2F)c1. The van der Waals surface area contributed by atoms with Crippen molar-refractivity contribution < 1.29 is 19.0 Å². The smallest absolute Gasteiger partial charge is 0.129 e. The van der Waals surface area contributed by atoms with Gasteiger partial charge in [-0.3, -0.25) is 0 Å². The van der Waals surface area contributed by atoms with Gasteiger partial charge in [0, 0.05) is 11.5 Å². The molecule has 4 heteroatoms. The Balaban J connectivity index is 2.43. The maximum Gasteiger partial charge on any atom is 0.129 e. The number of aliphatic hydroxyl groups is 2. The summed E-state index contributed by atoms with van der Waals surface area (Å²) < 4.78 is 26.8. The van der Waals surface area contributed by atoms with E-state index in [2.05, 4.69) is 0 Å². The molecule has 2 N–H and O–H groups in total. The second-order valence-electron chi connectivity index (χ2n) is 5.38. The first kappa shape index (κ1) is 15.6. The minimum Gasteiger partial charge on any atom is -0.395 e. The molecule has 112 valence electrons. The van der Waals surface area contributed by atoms with Gasteiger partial charge in [-0.25, -0.2) is 8.78 Å². The molecule has 0 bridgehead atoms. The lowest BCUT2D eigenvalue weighted by atomic mass is 9.76. The highest BCUT2D eigenvalue weighted by Crippen LogP contribution is 2.29. The van der Waals surface area contributed by atoms with Gasteiger partial charge in [0.15, 0.2) is 0 Å². The molecule has 0 aromatic heterocycles. The van der Waals surface area contributed by atoms with Crippen molar-refractivity contribution in [3.63, 3.8) is 0 Å². The molecule has 0 aliphatic carbocycles. The summed E-state index contributed by atoms with van der Waals surface area (Å²) in [5.74, 6) is -1.32. The summed E-state index contributed by atoms with van der Waals surface area (Å²) >= 11 is 0. The molecule has 0 fully saturated rings. The van der Waals surface area contributed by atoms with Crippen molar-refractivity contribution in [3.8, 4) is 0 Å². The Morgan fingerprint density at radius 1 is 1.00 bits per heavy atom. The van der Waals surface area contributed by atoms with E-state index in [0.29, 0.717) is 0 Å². The third-order valence-corrected chi connectivity index (χ3v) is 3.78. The Morgan fingerprint density at radius 3 is 2.29 bits per heavy atom. The van der Waals surface area contributed by atoms with Crippen LogP contribution in [0.5, 0.6) is 0 Å². The van der Waals surface area contributed by atoms with Gasteiger partial charge in [0.25, 0.3) is 0 Å².